The number of rotatable bonds is 4. The fraction of sp³-hybridized carbons (Fsp3) is 0.429. The Hall–Kier alpha value is -0.780. The summed E-state index contributed by atoms with van der Waals surface area (Å²) in [6.45, 7) is 6.20. The second-order valence-corrected chi connectivity index (χ2v) is 5.35. The molecular formula is C14H18BrN. The Balaban J connectivity index is 2.88. The predicted octanol–water partition coefficient (Wildman–Crippen LogP) is 3.90. The molecule has 0 radical (unpaired) electrons. The lowest BCUT2D eigenvalue weighted by atomic mass is 9.99. The lowest BCUT2D eigenvalue weighted by molar-refractivity contribution is 0.403. The van der Waals surface area contributed by atoms with E-state index in [9.17, 15) is 0 Å². The van der Waals surface area contributed by atoms with Gasteiger partial charge in [0, 0.05) is 10.5 Å². The normalized spacial score (nSPS) is 13.2. The fourth-order valence-corrected chi connectivity index (χ4v) is 2.04. The van der Waals surface area contributed by atoms with Gasteiger partial charge < -0.3 is 0 Å². The first-order valence-electron chi connectivity index (χ1n) is 5.49. The van der Waals surface area contributed by atoms with Gasteiger partial charge >= 0.3 is 0 Å². The fourth-order valence-electron chi connectivity index (χ4n) is 1.62. The van der Waals surface area contributed by atoms with E-state index >= 15 is 0 Å². The molecule has 0 fully saturated rings. The van der Waals surface area contributed by atoms with Gasteiger partial charge in [-0.1, -0.05) is 40.9 Å². The Morgan fingerprint density at radius 1 is 1.50 bits per heavy atom. The highest BCUT2D eigenvalue weighted by Gasteiger charge is 2.19. The van der Waals surface area contributed by atoms with Gasteiger partial charge in [-0.25, -0.2) is 0 Å². The summed E-state index contributed by atoms with van der Waals surface area (Å²) in [5, 5.41) is 3.48. The van der Waals surface area contributed by atoms with E-state index in [4.69, 9.17) is 6.42 Å². The molecule has 1 atom stereocenters. The number of terminal acetylenes is 1. The van der Waals surface area contributed by atoms with Gasteiger partial charge in [0.15, 0.2) is 0 Å². The van der Waals surface area contributed by atoms with E-state index < -0.39 is 0 Å². The molecule has 86 valence electrons. The van der Waals surface area contributed by atoms with Crippen molar-refractivity contribution in [2.24, 2.45) is 0 Å². The average molecular weight is 280 g/mol. The molecule has 0 aliphatic rings. The van der Waals surface area contributed by atoms with Gasteiger partial charge in [-0.2, -0.15) is 0 Å². The van der Waals surface area contributed by atoms with E-state index in [0.717, 1.165) is 10.9 Å². The van der Waals surface area contributed by atoms with Crippen LogP contribution >= 0.6 is 15.9 Å². The molecule has 1 aromatic rings. The van der Waals surface area contributed by atoms with Crippen LogP contribution in [0.4, 0.5) is 0 Å². The molecular weight excluding hydrogens is 262 g/mol. The van der Waals surface area contributed by atoms with Crippen molar-refractivity contribution in [1.29, 1.82) is 0 Å². The van der Waals surface area contributed by atoms with Gasteiger partial charge in [-0.05, 0) is 38.0 Å². The number of halogens is 1. The second kappa shape index (κ2) is 5.52. The lowest BCUT2D eigenvalue weighted by Crippen LogP contribution is -2.40. The minimum Gasteiger partial charge on any atom is -0.295 e. The van der Waals surface area contributed by atoms with Crippen molar-refractivity contribution in [2.45, 2.75) is 38.8 Å². The van der Waals surface area contributed by atoms with Crippen LogP contribution in [-0.2, 0) is 0 Å². The van der Waals surface area contributed by atoms with Crippen molar-refractivity contribution < 1.29 is 0 Å². The largest absolute Gasteiger partial charge is 0.295 e. The van der Waals surface area contributed by atoms with Crippen molar-refractivity contribution in [2.75, 3.05) is 0 Å². The van der Waals surface area contributed by atoms with Crippen molar-refractivity contribution >= 4 is 15.9 Å². The maximum Gasteiger partial charge on any atom is 0.0745 e. The minimum atomic E-state index is -0.275. The second-order valence-electron chi connectivity index (χ2n) is 4.43. The Labute approximate surface area is 107 Å². The van der Waals surface area contributed by atoms with Gasteiger partial charge in [-0.15, -0.1) is 6.42 Å². The smallest absolute Gasteiger partial charge is 0.0745 e. The highest BCUT2D eigenvalue weighted by molar-refractivity contribution is 9.10. The molecule has 0 aliphatic heterocycles. The monoisotopic (exact) mass is 279 g/mol. The van der Waals surface area contributed by atoms with Crippen LogP contribution in [0.15, 0.2) is 28.7 Å². The van der Waals surface area contributed by atoms with Gasteiger partial charge in [0.2, 0.25) is 0 Å². The highest BCUT2D eigenvalue weighted by atomic mass is 79.9. The third-order valence-electron chi connectivity index (χ3n) is 2.56. The molecule has 0 saturated carbocycles. The van der Waals surface area contributed by atoms with Gasteiger partial charge in [-0.3, -0.25) is 5.32 Å². The zero-order valence-corrected chi connectivity index (χ0v) is 11.6. The number of hydrogen-bond donors (Lipinski definition) is 1. The van der Waals surface area contributed by atoms with Crippen LogP contribution in [0.25, 0.3) is 0 Å². The molecule has 0 spiro atoms. The number of hydrogen-bond acceptors (Lipinski definition) is 1. The van der Waals surface area contributed by atoms with Gasteiger partial charge in [0.25, 0.3) is 0 Å². The Morgan fingerprint density at radius 3 is 2.69 bits per heavy atom. The molecule has 1 nitrogen and oxygen atoms in total. The summed E-state index contributed by atoms with van der Waals surface area (Å²) >= 11 is 3.49. The van der Waals surface area contributed by atoms with E-state index in [-0.39, 0.29) is 5.54 Å². The molecule has 0 aliphatic carbocycles. The SMILES string of the molecule is C#CC(C)(C)NC(CC)c1cccc(Br)c1. The van der Waals surface area contributed by atoms with Crippen molar-refractivity contribution in [3.63, 3.8) is 0 Å². The molecule has 1 aromatic carbocycles. The summed E-state index contributed by atoms with van der Waals surface area (Å²) in [6.07, 6.45) is 6.51. The molecule has 1 rings (SSSR count). The van der Waals surface area contributed by atoms with E-state index in [1.165, 1.54) is 5.56 Å². The first-order valence-corrected chi connectivity index (χ1v) is 6.28. The molecule has 16 heavy (non-hydrogen) atoms. The molecule has 0 amide bonds. The summed E-state index contributed by atoms with van der Waals surface area (Å²) in [6, 6.07) is 8.63. The zero-order chi connectivity index (χ0) is 12.2. The molecule has 1 unspecified atom stereocenters. The molecule has 0 heterocycles. The Morgan fingerprint density at radius 2 is 2.19 bits per heavy atom. The Kier molecular flexibility index (Phi) is 4.58. The van der Waals surface area contributed by atoms with Crippen molar-refractivity contribution in [3.05, 3.63) is 34.3 Å². The van der Waals surface area contributed by atoms with Crippen LogP contribution in [0.2, 0.25) is 0 Å². The Bertz CT molecular complexity index is 390. The van der Waals surface area contributed by atoms with Gasteiger partial charge in [0.05, 0.1) is 5.54 Å². The third-order valence-corrected chi connectivity index (χ3v) is 3.05. The van der Waals surface area contributed by atoms with Crippen LogP contribution in [0.1, 0.15) is 38.8 Å². The van der Waals surface area contributed by atoms with E-state index in [0.29, 0.717) is 6.04 Å². The molecule has 1 N–H and O–H groups in total. The zero-order valence-electron chi connectivity index (χ0n) is 10.0. The molecule has 0 saturated heterocycles. The summed E-state index contributed by atoms with van der Waals surface area (Å²) < 4.78 is 1.10. The predicted molar refractivity (Wildman–Crippen MR) is 73.2 cm³/mol. The maximum absolute atomic E-state index is 5.50. The number of benzene rings is 1. The summed E-state index contributed by atoms with van der Waals surface area (Å²) in [4.78, 5) is 0. The van der Waals surface area contributed by atoms with Crippen molar-refractivity contribution in [1.82, 2.24) is 5.32 Å². The topological polar surface area (TPSA) is 12.0 Å². The third kappa shape index (κ3) is 3.66. The van der Waals surface area contributed by atoms with E-state index in [1.54, 1.807) is 0 Å². The standard InChI is InChI=1S/C14H18BrN/c1-5-13(16-14(3,4)6-2)11-8-7-9-12(15)10-11/h2,7-10,13,16H,5H2,1,3-4H3. The first kappa shape index (κ1) is 13.3. The van der Waals surface area contributed by atoms with Crippen LogP contribution in [-0.4, -0.2) is 5.54 Å². The summed E-state index contributed by atoms with van der Waals surface area (Å²) in [7, 11) is 0. The van der Waals surface area contributed by atoms with E-state index in [2.05, 4.69) is 46.2 Å². The van der Waals surface area contributed by atoms with Crippen LogP contribution in [0, 0.1) is 12.3 Å². The molecule has 0 aromatic heterocycles. The number of nitrogens with one attached hydrogen (secondary N) is 1. The maximum atomic E-state index is 5.50. The molecule has 2 heteroatoms. The summed E-state index contributed by atoms with van der Waals surface area (Å²) in [5.41, 5.74) is 0.989. The van der Waals surface area contributed by atoms with Crippen LogP contribution in [0.5, 0.6) is 0 Å². The van der Waals surface area contributed by atoms with Gasteiger partial charge in [0.1, 0.15) is 0 Å². The highest BCUT2D eigenvalue weighted by Crippen LogP contribution is 2.22. The first-order chi connectivity index (χ1) is 7.48. The van der Waals surface area contributed by atoms with Crippen LogP contribution in [0.3, 0.4) is 0 Å². The quantitative estimate of drug-likeness (QED) is 0.825. The average Bonchev–Trinajstić information content (AvgIpc) is 2.26. The minimum absolute atomic E-state index is 0.275. The summed E-state index contributed by atoms with van der Waals surface area (Å²) in [5.74, 6) is 2.77. The van der Waals surface area contributed by atoms with Crippen molar-refractivity contribution in [3.8, 4) is 12.3 Å². The van der Waals surface area contributed by atoms with Crippen LogP contribution < -0.4 is 5.32 Å². The lowest BCUT2D eigenvalue weighted by Gasteiger charge is -2.27. The molecule has 0 bridgehead atoms. The van der Waals surface area contributed by atoms with E-state index in [1.807, 2.05) is 26.0 Å².